The number of hydrogen-bond donors (Lipinski definition) is 0. The van der Waals surface area contributed by atoms with Crippen molar-refractivity contribution in [3.8, 4) is 16.9 Å². The van der Waals surface area contributed by atoms with E-state index in [9.17, 15) is 9.18 Å². The summed E-state index contributed by atoms with van der Waals surface area (Å²) in [7, 11) is 0. The number of Topliss-reactive ketones (excluding diaryl/α,β-unsaturated/α-hetero) is 1. The van der Waals surface area contributed by atoms with E-state index in [4.69, 9.17) is 0 Å². The van der Waals surface area contributed by atoms with Gasteiger partial charge in [-0.25, -0.2) is 9.67 Å². The molecule has 2 aliphatic carbocycles. The number of carbonyl (C=O) groups is 1. The second kappa shape index (κ2) is 5.56. The Hall–Kier alpha value is -2.89. The molecule has 1 unspecified atom stereocenters. The summed E-state index contributed by atoms with van der Waals surface area (Å²) in [5.41, 5.74) is 4.54. The fraction of sp³-hybridized carbons (Fsp3) is 0.300. The van der Waals surface area contributed by atoms with Gasteiger partial charge in [0.15, 0.2) is 5.78 Å². The van der Waals surface area contributed by atoms with Crippen molar-refractivity contribution in [2.45, 2.75) is 26.2 Å². The number of carbonyl (C=O) groups excluding carboxylic acids is 1. The van der Waals surface area contributed by atoms with Gasteiger partial charge in [0.2, 0.25) is 5.95 Å². The number of pyridine rings is 1. The third kappa shape index (κ3) is 2.29. The number of fused-ring (bicyclic) bond motifs is 1. The minimum atomic E-state index is -0.584. The summed E-state index contributed by atoms with van der Waals surface area (Å²) in [5.74, 6) is 0.418. The van der Waals surface area contributed by atoms with Crippen LogP contribution in [0.2, 0.25) is 0 Å². The quantitative estimate of drug-likeness (QED) is 0.680. The number of benzene rings is 1. The van der Waals surface area contributed by atoms with Gasteiger partial charge >= 0.3 is 0 Å². The SMILES string of the molecule is Cc1c(-c2ccc3c(c2)CC(C2CC2)C3=O)nnn1-c1cccnc1[18F]. The van der Waals surface area contributed by atoms with Crippen LogP contribution in [0.5, 0.6) is 0 Å². The van der Waals surface area contributed by atoms with Crippen molar-refractivity contribution in [3.63, 3.8) is 0 Å². The first kappa shape index (κ1) is 15.4. The highest BCUT2D eigenvalue weighted by Gasteiger charge is 2.41. The molecular formula is C20H17FN4O. The molecule has 2 aliphatic rings. The van der Waals surface area contributed by atoms with E-state index in [-0.39, 0.29) is 17.4 Å². The van der Waals surface area contributed by atoms with Crippen LogP contribution in [0.25, 0.3) is 16.9 Å². The number of rotatable bonds is 3. The molecule has 0 bridgehead atoms. The lowest BCUT2D eigenvalue weighted by atomic mass is 10.00. The van der Waals surface area contributed by atoms with Gasteiger partial charge in [0, 0.05) is 23.2 Å². The van der Waals surface area contributed by atoms with Crippen LogP contribution >= 0.6 is 0 Å². The maximum absolute atomic E-state index is 14.0. The van der Waals surface area contributed by atoms with Crippen LogP contribution in [-0.2, 0) is 6.42 Å². The molecule has 1 fully saturated rings. The zero-order chi connectivity index (χ0) is 17.8. The van der Waals surface area contributed by atoms with Crippen LogP contribution < -0.4 is 0 Å². The first-order valence-electron chi connectivity index (χ1n) is 8.84. The fourth-order valence-electron chi connectivity index (χ4n) is 3.92. The van der Waals surface area contributed by atoms with Crippen molar-refractivity contribution in [1.29, 1.82) is 0 Å². The van der Waals surface area contributed by atoms with Crippen LogP contribution in [0.4, 0.5) is 4.39 Å². The van der Waals surface area contributed by atoms with Crippen molar-refractivity contribution in [1.82, 2.24) is 20.0 Å². The summed E-state index contributed by atoms with van der Waals surface area (Å²) in [6, 6.07) is 9.13. The fourth-order valence-corrected chi connectivity index (χ4v) is 3.92. The van der Waals surface area contributed by atoms with Gasteiger partial charge < -0.3 is 0 Å². The Balaban J connectivity index is 1.53. The third-order valence-corrected chi connectivity index (χ3v) is 5.47. The normalized spacial score (nSPS) is 19.0. The molecule has 130 valence electrons. The summed E-state index contributed by atoms with van der Waals surface area (Å²) in [6.07, 6.45) is 4.56. The molecule has 0 aliphatic heterocycles. The minimum absolute atomic E-state index is 0.154. The molecule has 0 N–H and O–H groups in total. The Morgan fingerprint density at radius 2 is 2.08 bits per heavy atom. The Morgan fingerprint density at radius 1 is 1.23 bits per heavy atom. The van der Waals surface area contributed by atoms with Crippen LogP contribution in [-0.4, -0.2) is 25.8 Å². The molecule has 5 rings (SSSR count). The lowest BCUT2D eigenvalue weighted by molar-refractivity contribution is 0.0923. The lowest BCUT2D eigenvalue weighted by Gasteiger charge is -2.05. The predicted molar refractivity (Wildman–Crippen MR) is 93.5 cm³/mol. The van der Waals surface area contributed by atoms with Crippen molar-refractivity contribution in [3.05, 3.63) is 59.3 Å². The average Bonchev–Trinajstić information content (AvgIpc) is 3.34. The Morgan fingerprint density at radius 3 is 2.85 bits per heavy atom. The number of nitrogens with zero attached hydrogens (tertiary/aromatic N) is 4. The van der Waals surface area contributed by atoms with Gasteiger partial charge in [-0.05, 0) is 55.9 Å². The number of hydrogen-bond acceptors (Lipinski definition) is 4. The molecule has 1 aromatic carbocycles. The zero-order valence-corrected chi connectivity index (χ0v) is 14.3. The van der Waals surface area contributed by atoms with Crippen molar-refractivity contribution < 1.29 is 9.18 Å². The van der Waals surface area contributed by atoms with Crippen LogP contribution in [0.3, 0.4) is 0 Å². The standard InChI is InChI=1S/C20H17FN4O/c1-11-18(23-24-25(11)17-3-2-8-22-20(17)21)13-6-7-15-14(9-13)10-16(19(15)26)12-4-5-12/h2-3,6-9,12,16H,4-5,10H2,1H3/i21-1. The molecule has 26 heavy (non-hydrogen) atoms. The van der Waals surface area contributed by atoms with E-state index >= 15 is 0 Å². The van der Waals surface area contributed by atoms with Gasteiger partial charge in [0.1, 0.15) is 11.4 Å². The van der Waals surface area contributed by atoms with E-state index in [1.807, 2.05) is 25.1 Å². The topological polar surface area (TPSA) is 60.7 Å². The molecule has 2 heterocycles. The minimum Gasteiger partial charge on any atom is -0.294 e. The van der Waals surface area contributed by atoms with E-state index in [1.54, 1.807) is 12.1 Å². The maximum atomic E-state index is 14.0. The molecule has 6 heteroatoms. The first-order chi connectivity index (χ1) is 12.6. The highest BCUT2D eigenvalue weighted by molar-refractivity contribution is 6.03. The summed E-state index contributed by atoms with van der Waals surface area (Å²) in [6.45, 7) is 1.85. The third-order valence-electron chi connectivity index (χ3n) is 5.47. The van der Waals surface area contributed by atoms with Gasteiger partial charge in [-0.15, -0.1) is 5.10 Å². The molecule has 1 atom stereocenters. The second-order valence-electron chi connectivity index (χ2n) is 7.13. The predicted octanol–water partition coefficient (Wildman–Crippen LogP) is 3.54. The number of halogens is 1. The molecule has 5 nitrogen and oxygen atoms in total. The lowest BCUT2D eigenvalue weighted by Crippen LogP contribution is -2.10. The molecule has 0 amide bonds. The maximum Gasteiger partial charge on any atom is 0.238 e. The van der Waals surface area contributed by atoms with E-state index < -0.39 is 5.95 Å². The molecule has 3 aromatic rings. The molecule has 1 saturated carbocycles. The summed E-state index contributed by atoms with van der Waals surface area (Å²) in [4.78, 5) is 16.2. The summed E-state index contributed by atoms with van der Waals surface area (Å²) in [5, 5.41) is 8.35. The molecule has 0 saturated heterocycles. The second-order valence-corrected chi connectivity index (χ2v) is 7.13. The molecule has 2 aromatic heterocycles. The van der Waals surface area contributed by atoms with Gasteiger partial charge in [-0.2, -0.15) is 4.39 Å². The van der Waals surface area contributed by atoms with Gasteiger partial charge in [0.05, 0.1) is 5.69 Å². The first-order valence-corrected chi connectivity index (χ1v) is 8.84. The van der Waals surface area contributed by atoms with Gasteiger partial charge in [-0.1, -0.05) is 17.3 Å². The van der Waals surface area contributed by atoms with Crippen LogP contribution in [0.1, 0.15) is 34.5 Å². The van der Waals surface area contributed by atoms with Crippen molar-refractivity contribution in [2.24, 2.45) is 11.8 Å². The monoisotopic (exact) mass is 347 g/mol. The smallest absolute Gasteiger partial charge is 0.238 e. The van der Waals surface area contributed by atoms with E-state index in [0.717, 1.165) is 28.8 Å². The summed E-state index contributed by atoms with van der Waals surface area (Å²) >= 11 is 0. The summed E-state index contributed by atoms with van der Waals surface area (Å²) < 4.78 is 15.4. The Kier molecular flexibility index (Phi) is 3.29. The van der Waals surface area contributed by atoms with E-state index in [2.05, 4.69) is 15.3 Å². The van der Waals surface area contributed by atoms with Crippen LogP contribution in [0.15, 0.2) is 36.5 Å². The number of aromatic nitrogens is 4. The zero-order valence-electron chi connectivity index (χ0n) is 14.3. The molecule has 0 radical (unpaired) electrons. The van der Waals surface area contributed by atoms with Gasteiger partial charge in [0.25, 0.3) is 0 Å². The Labute approximate surface area is 149 Å². The van der Waals surface area contributed by atoms with Crippen molar-refractivity contribution >= 4 is 5.78 Å². The Bertz CT molecular complexity index is 1040. The number of ketones is 1. The van der Waals surface area contributed by atoms with Gasteiger partial charge in [-0.3, -0.25) is 4.79 Å². The largest absolute Gasteiger partial charge is 0.294 e. The van der Waals surface area contributed by atoms with E-state index in [1.165, 1.54) is 23.7 Å². The molecular weight excluding hydrogens is 330 g/mol. The van der Waals surface area contributed by atoms with Crippen molar-refractivity contribution in [2.75, 3.05) is 0 Å². The highest BCUT2D eigenvalue weighted by Crippen LogP contribution is 2.44. The van der Waals surface area contributed by atoms with Crippen LogP contribution in [0, 0.1) is 24.7 Å². The highest BCUT2D eigenvalue weighted by atomic mass is 18.2. The average molecular weight is 347 g/mol. The van der Waals surface area contributed by atoms with E-state index in [0.29, 0.717) is 11.6 Å². The molecule has 0 spiro atoms.